The average Bonchev–Trinajstić information content (AvgIpc) is 2.69. The lowest BCUT2D eigenvalue weighted by Gasteiger charge is -2.34. The summed E-state index contributed by atoms with van der Waals surface area (Å²) in [6.07, 6.45) is 2.24. The zero-order chi connectivity index (χ0) is 20.6. The van der Waals surface area contributed by atoms with Gasteiger partial charge in [0, 0.05) is 42.0 Å². The normalized spacial score (nSPS) is 19.7. The molecule has 29 heavy (non-hydrogen) atoms. The highest BCUT2D eigenvalue weighted by Crippen LogP contribution is 2.39. The van der Waals surface area contributed by atoms with Gasteiger partial charge in [0.2, 0.25) is 0 Å². The molecule has 0 spiro atoms. The average molecular weight is 519 g/mol. The van der Waals surface area contributed by atoms with Crippen LogP contribution >= 0.6 is 20.7 Å². The lowest BCUT2D eigenvalue weighted by molar-refractivity contribution is -0.275. The van der Waals surface area contributed by atoms with Crippen LogP contribution in [-0.4, -0.2) is 57.0 Å². The summed E-state index contributed by atoms with van der Waals surface area (Å²) in [6.45, 7) is 3.49. The number of nitrogens with zero attached hydrogens (tertiary/aromatic N) is 2. The maximum atomic E-state index is 12.7. The second-order valence-corrected chi connectivity index (χ2v) is 9.28. The lowest BCUT2D eigenvalue weighted by atomic mass is 10.1. The Labute approximate surface area is 174 Å². The summed E-state index contributed by atoms with van der Waals surface area (Å²) in [5.74, 6) is -1.54. The molecule has 154 valence electrons. The van der Waals surface area contributed by atoms with Crippen LogP contribution in [0.15, 0.2) is 48.3 Å². The summed E-state index contributed by atoms with van der Waals surface area (Å²) in [4.78, 5) is 16.5. The van der Waals surface area contributed by atoms with Crippen molar-refractivity contribution in [2.45, 2.75) is 6.36 Å². The number of amides is 1. The number of piperazine rings is 1. The van der Waals surface area contributed by atoms with Crippen LogP contribution in [0.4, 0.5) is 13.2 Å². The predicted molar refractivity (Wildman–Crippen MR) is 110 cm³/mol. The van der Waals surface area contributed by atoms with Gasteiger partial charge in [-0.1, -0.05) is 20.7 Å². The molecule has 1 aromatic carbocycles. The minimum Gasteiger partial charge on any atom is -0.504 e. The number of halogens is 4. The molecule has 1 saturated heterocycles. The number of phenols is 1. The third kappa shape index (κ3) is 4.47. The van der Waals surface area contributed by atoms with Gasteiger partial charge in [0.1, 0.15) is 0 Å². The number of hydrogen-bond donors (Lipinski definition) is 2. The smallest absolute Gasteiger partial charge is 0.504 e. The lowest BCUT2D eigenvalue weighted by Crippen LogP contribution is -2.44. The van der Waals surface area contributed by atoms with E-state index in [2.05, 4.69) is 15.0 Å². The van der Waals surface area contributed by atoms with Gasteiger partial charge in [-0.25, -0.2) is 0 Å². The van der Waals surface area contributed by atoms with E-state index in [4.69, 9.17) is 0 Å². The molecule has 0 aliphatic carbocycles. The largest absolute Gasteiger partial charge is 0.573 e. The number of carbonyl (C=O) groups excluding carboxylic acids is 1. The molecule has 6 nitrogen and oxygen atoms in total. The van der Waals surface area contributed by atoms with Crippen LogP contribution in [-0.2, 0) is 4.79 Å². The van der Waals surface area contributed by atoms with E-state index in [0.29, 0.717) is 9.14 Å². The fraction of sp³-hybridized carbons (Fsp3) is 0.263. The van der Waals surface area contributed by atoms with E-state index in [1.165, 1.54) is 12.1 Å². The van der Waals surface area contributed by atoms with Crippen molar-refractivity contribution in [3.8, 4) is 11.5 Å². The van der Waals surface area contributed by atoms with Crippen LogP contribution in [0.1, 0.15) is 5.56 Å². The first kappa shape index (κ1) is 20.0. The number of carbonyl (C=O) groups is 1. The molecule has 10 heteroatoms. The van der Waals surface area contributed by atoms with E-state index in [-0.39, 0.29) is 5.91 Å². The van der Waals surface area contributed by atoms with Crippen LogP contribution in [0.25, 0.3) is 3.58 Å². The van der Waals surface area contributed by atoms with Gasteiger partial charge in [0.15, 0.2) is 11.5 Å². The minimum atomic E-state index is -4.91. The van der Waals surface area contributed by atoms with Crippen molar-refractivity contribution in [1.29, 1.82) is 0 Å². The van der Waals surface area contributed by atoms with Crippen LogP contribution in [0.5, 0.6) is 11.5 Å². The van der Waals surface area contributed by atoms with E-state index >= 15 is 0 Å². The number of aromatic hydroxyl groups is 1. The van der Waals surface area contributed by atoms with Crippen molar-refractivity contribution >= 4 is 33.9 Å². The quantitative estimate of drug-likeness (QED) is 0.602. The first-order chi connectivity index (χ1) is 13.8. The Morgan fingerprint density at radius 2 is 1.93 bits per heavy atom. The Bertz CT molecular complexity index is 963. The number of benzene rings is 1. The van der Waals surface area contributed by atoms with Crippen LogP contribution < -0.4 is 10.1 Å². The van der Waals surface area contributed by atoms with Gasteiger partial charge in [0.25, 0.3) is 5.91 Å². The van der Waals surface area contributed by atoms with Gasteiger partial charge in [-0.15, -0.1) is 13.2 Å². The minimum absolute atomic E-state index is 0.246. The number of alkyl halides is 3. The highest BCUT2D eigenvalue weighted by Gasteiger charge is 2.33. The van der Waals surface area contributed by atoms with Crippen molar-refractivity contribution in [1.82, 2.24) is 15.1 Å². The summed E-state index contributed by atoms with van der Waals surface area (Å²) < 4.78 is 43.0. The Morgan fingerprint density at radius 3 is 2.66 bits per heavy atom. The summed E-state index contributed by atoms with van der Waals surface area (Å²) in [6, 6.07) is 3.75. The number of ether oxygens (including phenoxy) is 1. The molecule has 0 unspecified atom stereocenters. The standard InChI is InChI=1S/C19H17F3IN3O3/c20-19(21,22)29-16-9-12(1-3-15(16)27)14-10-18(28)26-11-13(2-4-17(26)23-14)25-7-5-24-6-8-25/h1-4,9-11,24,27H,5-8H2. The van der Waals surface area contributed by atoms with Gasteiger partial charge < -0.3 is 20.1 Å². The highest BCUT2D eigenvalue weighted by molar-refractivity contribution is 14.2. The van der Waals surface area contributed by atoms with Crippen molar-refractivity contribution in [2.75, 3.05) is 26.2 Å². The molecule has 0 saturated carbocycles. The molecule has 1 amide bonds. The zero-order valence-electron chi connectivity index (χ0n) is 15.0. The fourth-order valence-electron chi connectivity index (χ4n) is 3.14. The van der Waals surface area contributed by atoms with Crippen LogP contribution in [0.2, 0.25) is 0 Å². The third-order valence-corrected chi connectivity index (χ3v) is 7.46. The SMILES string of the molecule is O=C1C=C(c2ccc(O)c(OC(F)(F)F)c2)I=C2C=CC(N3CCNCC3)=CN12. The molecule has 0 atom stereocenters. The van der Waals surface area contributed by atoms with Crippen molar-refractivity contribution in [3.63, 3.8) is 0 Å². The Hall–Kier alpha value is -2.34. The van der Waals surface area contributed by atoms with E-state index in [1.807, 2.05) is 18.4 Å². The highest BCUT2D eigenvalue weighted by atomic mass is 127. The summed E-state index contributed by atoms with van der Waals surface area (Å²) in [5.41, 5.74) is 1.40. The van der Waals surface area contributed by atoms with Gasteiger partial charge in [-0.3, -0.25) is 9.69 Å². The van der Waals surface area contributed by atoms with E-state index in [1.54, 1.807) is 4.90 Å². The number of rotatable bonds is 3. The Morgan fingerprint density at radius 1 is 1.17 bits per heavy atom. The van der Waals surface area contributed by atoms with E-state index < -0.39 is 38.6 Å². The molecule has 0 bridgehead atoms. The van der Waals surface area contributed by atoms with Crippen molar-refractivity contribution < 1.29 is 27.8 Å². The van der Waals surface area contributed by atoms with Crippen molar-refractivity contribution in [3.05, 3.63) is 53.9 Å². The molecule has 2 N–H and O–H groups in total. The van der Waals surface area contributed by atoms with Crippen LogP contribution in [0, 0.1) is 0 Å². The molecule has 4 rings (SSSR count). The maximum absolute atomic E-state index is 12.7. The third-order valence-electron chi connectivity index (χ3n) is 4.51. The van der Waals surface area contributed by atoms with Crippen molar-refractivity contribution in [2.24, 2.45) is 0 Å². The molecular formula is C19H17F3IN3O3. The summed E-state index contributed by atoms with van der Waals surface area (Å²) >= 11 is -0.811. The predicted octanol–water partition coefficient (Wildman–Crippen LogP) is 2.89. The number of phenolic OH excluding ortho intramolecular Hbond substituents is 1. The summed E-state index contributed by atoms with van der Waals surface area (Å²) in [5, 5.41) is 12.9. The topological polar surface area (TPSA) is 65.0 Å². The van der Waals surface area contributed by atoms with Gasteiger partial charge in [-0.2, -0.15) is 0 Å². The van der Waals surface area contributed by atoms with Gasteiger partial charge >= 0.3 is 6.36 Å². The molecule has 3 heterocycles. The second-order valence-electron chi connectivity index (χ2n) is 6.47. The number of fused-ring (bicyclic) bond motifs is 1. The first-order valence-electron chi connectivity index (χ1n) is 8.81. The first-order valence-corrected chi connectivity index (χ1v) is 11.0. The zero-order valence-corrected chi connectivity index (χ0v) is 17.2. The maximum Gasteiger partial charge on any atom is 0.573 e. The monoisotopic (exact) mass is 519 g/mol. The van der Waals surface area contributed by atoms with Crippen LogP contribution in [0.3, 0.4) is 0 Å². The van der Waals surface area contributed by atoms with E-state index in [9.17, 15) is 23.1 Å². The molecule has 3 aliphatic heterocycles. The molecule has 1 fully saturated rings. The Balaban J connectivity index is 1.59. The molecule has 1 aromatic rings. The second kappa shape index (κ2) is 7.82. The van der Waals surface area contributed by atoms with Gasteiger partial charge in [-0.05, 0) is 35.9 Å². The molecule has 0 radical (unpaired) electrons. The molecular weight excluding hydrogens is 502 g/mol. The summed E-state index contributed by atoms with van der Waals surface area (Å²) in [7, 11) is 0. The number of hydrogen-bond acceptors (Lipinski definition) is 5. The van der Waals surface area contributed by atoms with E-state index in [0.717, 1.165) is 47.6 Å². The number of allylic oxidation sites excluding steroid dienone is 1. The molecule has 0 aromatic heterocycles. The molecule has 3 aliphatic rings. The van der Waals surface area contributed by atoms with Gasteiger partial charge in [0.05, 0.1) is 9.33 Å². The Kier molecular flexibility index (Phi) is 5.38. The fourth-order valence-corrected chi connectivity index (χ4v) is 5.80. The number of nitrogens with one attached hydrogen (secondary N) is 1.